The molecule has 0 spiro atoms. The van der Waals surface area contributed by atoms with Crippen LogP contribution in [0.5, 0.6) is 0 Å². The van der Waals surface area contributed by atoms with E-state index in [0.717, 1.165) is 6.20 Å². The summed E-state index contributed by atoms with van der Waals surface area (Å²) < 4.78 is 26.8. The van der Waals surface area contributed by atoms with Crippen LogP contribution in [0.3, 0.4) is 0 Å². The third-order valence-corrected chi connectivity index (χ3v) is 2.23. The van der Waals surface area contributed by atoms with Gasteiger partial charge in [0.2, 0.25) is 0 Å². The van der Waals surface area contributed by atoms with Crippen LogP contribution >= 0.6 is 0 Å². The molecule has 0 fully saturated rings. The molecule has 0 atom stereocenters. The first-order valence-corrected chi connectivity index (χ1v) is 4.30. The molecule has 14 heavy (non-hydrogen) atoms. The number of nitrogens with zero attached hydrogens (tertiary/aromatic N) is 1. The zero-order valence-electron chi connectivity index (χ0n) is 7.94. The topological polar surface area (TPSA) is 12.9 Å². The number of fused-ring (bicyclic) bond motifs is 1. The molecular weight excluding hydrogens is 184 g/mol. The van der Waals surface area contributed by atoms with Crippen LogP contribution in [-0.2, 0) is 0 Å². The highest BCUT2D eigenvalue weighted by Crippen LogP contribution is 2.24. The van der Waals surface area contributed by atoms with Crippen LogP contribution in [0.2, 0.25) is 0 Å². The maximum Gasteiger partial charge on any atom is 0.149 e. The van der Waals surface area contributed by atoms with Crippen molar-refractivity contribution < 1.29 is 8.78 Å². The SMILES string of the molecule is Cc1cc(F)c2c(C)ncc(F)c2c1. The third kappa shape index (κ3) is 1.25. The second kappa shape index (κ2) is 3.01. The molecule has 0 aliphatic carbocycles. The molecule has 1 nitrogen and oxygen atoms in total. The normalized spacial score (nSPS) is 10.9. The Hall–Kier alpha value is -1.51. The van der Waals surface area contributed by atoms with E-state index in [2.05, 4.69) is 4.98 Å². The predicted molar refractivity (Wildman–Crippen MR) is 51.1 cm³/mol. The summed E-state index contributed by atoms with van der Waals surface area (Å²) in [6.45, 7) is 3.40. The number of aromatic nitrogens is 1. The van der Waals surface area contributed by atoms with Crippen LogP contribution in [0, 0.1) is 25.5 Å². The van der Waals surface area contributed by atoms with Crippen LogP contribution in [0.1, 0.15) is 11.3 Å². The second-order valence-electron chi connectivity index (χ2n) is 3.36. The van der Waals surface area contributed by atoms with Crippen molar-refractivity contribution in [3.8, 4) is 0 Å². The Bertz CT molecular complexity index is 506. The lowest BCUT2D eigenvalue weighted by molar-refractivity contribution is 0.622. The van der Waals surface area contributed by atoms with Gasteiger partial charge >= 0.3 is 0 Å². The van der Waals surface area contributed by atoms with Gasteiger partial charge in [0.15, 0.2) is 0 Å². The molecule has 1 heterocycles. The molecule has 3 heteroatoms. The van der Waals surface area contributed by atoms with Gasteiger partial charge < -0.3 is 0 Å². The van der Waals surface area contributed by atoms with E-state index in [4.69, 9.17) is 0 Å². The van der Waals surface area contributed by atoms with Gasteiger partial charge in [-0.2, -0.15) is 0 Å². The van der Waals surface area contributed by atoms with E-state index in [1.165, 1.54) is 6.07 Å². The Balaban J connectivity index is 3.00. The van der Waals surface area contributed by atoms with Crippen molar-refractivity contribution >= 4 is 10.8 Å². The van der Waals surface area contributed by atoms with E-state index >= 15 is 0 Å². The predicted octanol–water partition coefficient (Wildman–Crippen LogP) is 3.13. The van der Waals surface area contributed by atoms with Gasteiger partial charge in [-0.15, -0.1) is 0 Å². The van der Waals surface area contributed by atoms with Gasteiger partial charge in [0.1, 0.15) is 11.6 Å². The summed E-state index contributed by atoms with van der Waals surface area (Å²) in [7, 11) is 0. The van der Waals surface area contributed by atoms with Crippen molar-refractivity contribution in [3.63, 3.8) is 0 Å². The minimum atomic E-state index is -0.479. The number of hydrogen-bond acceptors (Lipinski definition) is 1. The van der Waals surface area contributed by atoms with Crippen LogP contribution in [0.15, 0.2) is 18.3 Å². The van der Waals surface area contributed by atoms with Crippen LogP contribution in [0.25, 0.3) is 10.8 Å². The zero-order valence-corrected chi connectivity index (χ0v) is 7.94. The lowest BCUT2D eigenvalue weighted by atomic mass is 10.1. The maximum absolute atomic E-state index is 13.5. The lowest BCUT2D eigenvalue weighted by Crippen LogP contribution is -1.92. The van der Waals surface area contributed by atoms with Crippen molar-refractivity contribution in [1.29, 1.82) is 0 Å². The molecule has 2 aromatic rings. The Morgan fingerprint density at radius 1 is 1.07 bits per heavy atom. The van der Waals surface area contributed by atoms with E-state index < -0.39 is 11.6 Å². The summed E-state index contributed by atoms with van der Waals surface area (Å²) in [4.78, 5) is 3.78. The van der Waals surface area contributed by atoms with Gasteiger partial charge in [0, 0.05) is 16.5 Å². The van der Waals surface area contributed by atoms with E-state index in [1.54, 1.807) is 19.9 Å². The average molecular weight is 193 g/mol. The zero-order chi connectivity index (χ0) is 10.3. The summed E-state index contributed by atoms with van der Waals surface area (Å²) in [5.74, 6) is -0.891. The molecule has 1 aromatic heterocycles. The molecule has 0 amide bonds. The molecule has 2 rings (SSSR count). The van der Waals surface area contributed by atoms with Crippen LogP contribution in [0.4, 0.5) is 8.78 Å². The average Bonchev–Trinajstić information content (AvgIpc) is 2.10. The Morgan fingerprint density at radius 3 is 2.50 bits per heavy atom. The Labute approximate surface area is 80.4 Å². The highest BCUT2D eigenvalue weighted by atomic mass is 19.1. The molecule has 0 saturated heterocycles. The summed E-state index contributed by atoms with van der Waals surface area (Å²) in [6, 6.07) is 3.01. The van der Waals surface area contributed by atoms with E-state index in [9.17, 15) is 8.78 Å². The van der Waals surface area contributed by atoms with Crippen molar-refractivity contribution in [2.45, 2.75) is 13.8 Å². The van der Waals surface area contributed by atoms with Crippen molar-refractivity contribution in [2.75, 3.05) is 0 Å². The highest BCUT2D eigenvalue weighted by molar-refractivity contribution is 5.86. The fourth-order valence-electron chi connectivity index (χ4n) is 1.59. The molecule has 0 aliphatic rings. The summed E-state index contributed by atoms with van der Waals surface area (Å²) in [6.07, 6.45) is 1.12. The van der Waals surface area contributed by atoms with E-state index in [-0.39, 0.29) is 5.39 Å². The van der Waals surface area contributed by atoms with Gasteiger partial charge in [-0.1, -0.05) is 0 Å². The van der Waals surface area contributed by atoms with Gasteiger partial charge in [0.25, 0.3) is 0 Å². The van der Waals surface area contributed by atoms with Crippen molar-refractivity contribution in [2.24, 2.45) is 0 Å². The number of aryl methyl sites for hydroxylation is 2. The fraction of sp³-hybridized carbons (Fsp3) is 0.182. The summed E-state index contributed by atoms with van der Waals surface area (Å²) in [5, 5.41) is 0.575. The first-order valence-electron chi connectivity index (χ1n) is 4.30. The maximum atomic E-state index is 13.5. The number of pyridine rings is 1. The number of hydrogen-bond donors (Lipinski definition) is 0. The van der Waals surface area contributed by atoms with Crippen LogP contribution in [-0.4, -0.2) is 4.98 Å². The van der Waals surface area contributed by atoms with Crippen molar-refractivity contribution in [3.05, 3.63) is 41.2 Å². The first-order chi connectivity index (χ1) is 6.59. The molecule has 0 aliphatic heterocycles. The number of rotatable bonds is 0. The summed E-state index contributed by atoms with van der Waals surface area (Å²) >= 11 is 0. The molecule has 0 N–H and O–H groups in total. The largest absolute Gasteiger partial charge is 0.258 e. The highest BCUT2D eigenvalue weighted by Gasteiger charge is 2.09. The molecule has 0 bridgehead atoms. The standard InChI is InChI=1S/C11H9F2N/c1-6-3-8-10(13)5-14-7(2)11(8)9(12)4-6/h3-5H,1-2H3. The van der Waals surface area contributed by atoms with Crippen molar-refractivity contribution in [1.82, 2.24) is 4.98 Å². The molecule has 0 unspecified atom stereocenters. The first kappa shape index (κ1) is 9.06. The molecule has 0 saturated carbocycles. The third-order valence-electron chi connectivity index (χ3n) is 2.23. The van der Waals surface area contributed by atoms with E-state index in [0.29, 0.717) is 16.6 Å². The molecule has 0 radical (unpaired) electrons. The van der Waals surface area contributed by atoms with Gasteiger partial charge in [0.05, 0.1) is 6.20 Å². The Kier molecular flexibility index (Phi) is 1.95. The Morgan fingerprint density at radius 2 is 1.79 bits per heavy atom. The lowest BCUT2D eigenvalue weighted by Gasteiger charge is -2.05. The summed E-state index contributed by atoms with van der Waals surface area (Å²) in [5.41, 5.74) is 1.22. The fourth-order valence-corrected chi connectivity index (χ4v) is 1.59. The van der Waals surface area contributed by atoms with Gasteiger partial charge in [-0.05, 0) is 31.5 Å². The van der Waals surface area contributed by atoms with Gasteiger partial charge in [-0.3, -0.25) is 4.98 Å². The smallest absolute Gasteiger partial charge is 0.149 e. The number of benzene rings is 1. The van der Waals surface area contributed by atoms with Gasteiger partial charge in [-0.25, -0.2) is 8.78 Å². The molecule has 72 valence electrons. The monoisotopic (exact) mass is 193 g/mol. The minimum absolute atomic E-state index is 0.274. The van der Waals surface area contributed by atoms with E-state index in [1.807, 2.05) is 0 Å². The second-order valence-corrected chi connectivity index (χ2v) is 3.36. The van der Waals surface area contributed by atoms with Crippen LogP contribution < -0.4 is 0 Å². The quantitative estimate of drug-likeness (QED) is 0.626. The molecule has 1 aromatic carbocycles. The minimum Gasteiger partial charge on any atom is -0.258 e. The molecular formula is C11H9F2N. The number of halogens is 2.